The second-order valence-electron chi connectivity index (χ2n) is 0.957. The molecule has 0 fully saturated rings. The Hall–Kier alpha value is 2.00. The van der Waals surface area contributed by atoms with Gasteiger partial charge in [0.25, 0.3) is 0 Å². The Bertz CT molecular complexity index is 17.2. The first-order valence-corrected chi connectivity index (χ1v) is 5.09. The van der Waals surface area contributed by atoms with Crippen LogP contribution in [0.3, 0.4) is 0 Å². The van der Waals surface area contributed by atoms with Crippen molar-refractivity contribution in [3.8, 4) is 0 Å². The van der Waals surface area contributed by atoms with Crippen molar-refractivity contribution in [2.24, 2.45) is 0 Å². The molecule has 0 aliphatic carbocycles. The van der Waals surface area contributed by atoms with Crippen LogP contribution in [0.5, 0.6) is 0 Å². The van der Waals surface area contributed by atoms with Crippen molar-refractivity contribution in [2.75, 3.05) is 0 Å². The zero-order chi connectivity index (χ0) is 4.12. The molecule has 0 aliphatic rings. The van der Waals surface area contributed by atoms with Gasteiger partial charge in [0.1, 0.15) is 0 Å². The van der Waals surface area contributed by atoms with Crippen molar-refractivity contribution >= 4 is 15.4 Å². The molecule has 0 aliphatic heterocycles. The molecule has 0 saturated heterocycles. The molecule has 7 heavy (non-hydrogen) atoms. The van der Waals surface area contributed by atoms with Crippen LogP contribution in [0.15, 0.2) is 0 Å². The van der Waals surface area contributed by atoms with Gasteiger partial charge in [0.15, 0.2) is 0 Å². The molecule has 0 bridgehead atoms. The Morgan fingerprint density at radius 2 is 1.29 bits per heavy atom. The van der Waals surface area contributed by atoms with Crippen molar-refractivity contribution < 1.29 is 48.0 Å². The summed E-state index contributed by atoms with van der Waals surface area (Å²) in [6.45, 7) is 4.53. The van der Waals surface area contributed by atoms with Gasteiger partial charge in [-0.3, -0.25) is 0 Å². The first kappa shape index (κ1) is 16.0. The summed E-state index contributed by atoms with van der Waals surface area (Å²) >= 11 is 0.528. The van der Waals surface area contributed by atoms with Crippen molar-refractivity contribution in [3.63, 3.8) is 0 Å². The van der Waals surface area contributed by atoms with E-state index >= 15 is 0 Å². The molecule has 0 saturated carbocycles. The van der Waals surface area contributed by atoms with Crippen LogP contribution in [0.25, 0.3) is 0 Å². The van der Waals surface area contributed by atoms with Crippen LogP contribution in [0.4, 0.5) is 0 Å². The molecule has 0 nitrogen and oxygen atoms in total. The standard InChI is InChI=1S/C4H10Ge.2HI/c1-3-5-4-2;;/h3-4H2,1-2H3;2*1H/q+2;;/p-2. The summed E-state index contributed by atoms with van der Waals surface area (Å²) in [5.74, 6) is 0. The Balaban J connectivity index is -0.0000000800. The fourth-order valence-corrected chi connectivity index (χ4v) is 1.30. The fraction of sp³-hybridized carbons (Fsp3) is 1.00. The van der Waals surface area contributed by atoms with E-state index in [1.807, 2.05) is 0 Å². The molecule has 0 radical (unpaired) electrons. The summed E-state index contributed by atoms with van der Waals surface area (Å²) < 4.78 is 0. The summed E-state index contributed by atoms with van der Waals surface area (Å²) in [5.41, 5.74) is 0. The van der Waals surface area contributed by atoms with Gasteiger partial charge in [0.2, 0.25) is 0 Å². The number of rotatable bonds is 2. The smallest absolute Gasteiger partial charge is 1.00 e. The van der Waals surface area contributed by atoms with Crippen LogP contribution < -0.4 is 48.0 Å². The monoisotopic (exact) mass is 386 g/mol. The molecule has 3 heteroatoms. The summed E-state index contributed by atoms with van der Waals surface area (Å²) in [6, 6.07) is 0. The second-order valence-corrected chi connectivity index (χ2v) is 4.97. The van der Waals surface area contributed by atoms with Gasteiger partial charge in [-0.15, -0.1) is 0 Å². The SMILES string of the molecule is C[CH2][Ge+2][CH2]C.[I-].[I-]. The molecule has 0 aromatic heterocycles. The minimum atomic E-state index is 0. The maximum Gasteiger partial charge on any atom is -1.00 e. The Kier molecular flexibility index (Phi) is 35.8. The van der Waals surface area contributed by atoms with Crippen LogP contribution in [-0.4, -0.2) is 15.4 Å². The van der Waals surface area contributed by atoms with Gasteiger partial charge >= 0.3 is 39.8 Å². The topological polar surface area (TPSA) is 0 Å². The second kappa shape index (κ2) is 15.7. The molecular weight excluding hydrogens is 374 g/mol. The summed E-state index contributed by atoms with van der Waals surface area (Å²) in [7, 11) is 0. The first-order valence-electron chi connectivity index (χ1n) is 2.12. The molecule has 0 aromatic rings. The van der Waals surface area contributed by atoms with Crippen LogP contribution in [-0.2, 0) is 0 Å². The van der Waals surface area contributed by atoms with Crippen LogP contribution in [0.2, 0.25) is 10.5 Å². The van der Waals surface area contributed by atoms with E-state index in [9.17, 15) is 0 Å². The maximum atomic E-state index is 2.27. The molecule has 0 aromatic carbocycles. The Morgan fingerprint density at radius 1 is 1.00 bits per heavy atom. The molecule has 0 rings (SSSR count). The van der Waals surface area contributed by atoms with Gasteiger partial charge in [0.05, 0.1) is 0 Å². The maximum absolute atomic E-state index is 2.27. The Labute approximate surface area is 86.7 Å². The zero-order valence-corrected chi connectivity index (χ0v) is 11.1. The van der Waals surface area contributed by atoms with Gasteiger partial charge < -0.3 is 48.0 Å². The number of hydrogen-bond acceptors (Lipinski definition) is 0. The summed E-state index contributed by atoms with van der Waals surface area (Å²) in [6.07, 6.45) is 0. The molecular formula is C4H10GeI2. The third-order valence-electron chi connectivity index (χ3n) is 0.500. The van der Waals surface area contributed by atoms with Gasteiger partial charge in [-0.1, -0.05) is 0 Å². The van der Waals surface area contributed by atoms with Crippen molar-refractivity contribution in [2.45, 2.75) is 24.4 Å². The van der Waals surface area contributed by atoms with Crippen LogP contribution >= 0.6 is 0 Å². The van der Waals surface area contributed by atoms with E-state index in [1.54, 1.807) is 0 Å². The van der Waals surface area contributed by atoms with Crippen LogP contribution in [0, 0.1) is 0 Å². The van der Waals surface area contributed by atoms with Gasteiger partial charge in [-0.25, -0.2) is 0 Å². The van der Waals surface area contributed by atoms with E-state index in [1.165, 1.54) is 10.5 Å². The molecule has 0 N–H and O–H groups in total. The number of hydrogen-bond donors (Lipinski definition) is 0. The van der Waals surface area contributed by atoms with Gasteiger partial charge in [0, 0.05) is 0 Å². The quantitative estimate of drug-likeness (QED) is 0.333. The average molecular weight is 385 g/mol. The minimum Gasteiger partial charge on any atom is -1.00 e. The molecule has 44 valence electrons. The zero-order valence-electron chi connectivity index (χ0n) is 4.67. The number of halogens is 2. The first-order chi connectivity index (χ1) is 2.41. The minimum absolute atomic E-state index is 0. The van der Waals surface area contributed by atoms with Crippen molar-refractivity contribution in [3.05, 3.63) is 0 Å². The average Bonchev–Trinajstić information content (AvgIpc) is 1.41. The van der Waals surface area contributed by atoms with Crippen molar-refractivity contribution in [1.82, 2.24) is 0 Å². The molecule has 0 atom stereocenters. The van der Waals surface area contributed by atoms with E-state index < -0.39 is 0 Å². The third kappa shape index (κ3) is 18.0. The molecule has 0 heterocycles. The van der Waals surface area contributed by atoms with Gasteiger partial charge in [-0.05, 0) is 0 Å². The van der Waals surface area contributed by atoms with E-state index in [4.69, 9.17) is 0 Å². The van der Waals surface area contributed by atoms with E-state index in [0.29, 0.717) is 15.4 Å². The van der Waals surface area contributed by atoms with E-state index in [2.05, 4.69) is 13.8 Å². The normalized spacial score (nSPS) is 4.86. The van der Waals surface area contributed by atoms with Crippen molar-refractivity contribution in [1.29, 1.82) is 0 Å². The molecule has 0 unspecified atom stereocenters. The predicted molar refractivity (Wildman–Crippen MR) is 26.7 cm³/mol. The summed E-state index contributed by atoms with van der Waals surface area (Å²) in [5, 5.41) is 2.94. The summed E-state index contributed by atoms with van der Waals surface area (Å²) in [4.78, 5) is 0. The van der Waals surface area contributed by atoms with Crippen LogP contribution in [0.1, 0.15) is 13.8 Å². The molecule has 0 spiro atoms. The van der Waals surface area contributed by atoms with Gasteiger partial charge in [-0.2, -0.15) is 0 Å². The molecule has 0 amide bonds. The fourth-order valence-electron chi connectivity index (χ4n) is 0.250. The van der Waals surface area contributed by atoms with E-state index in [-0.39, 0.29) is 48.0 Å². The third-order valence-corrected chi connectivity index (χ3v) is 2.60. The van der Waals surface area contributed by atoms with E-state index in [0.717, 1.165) is 0 Å². The largest absolute Gasteiger partial charge is 1.00 e. The predicted octanol–water partition coefficient (Wildman–Crippen LogP) is -4.42. The Morgan fingerprint density at radius 3 is 1.29 bits per heavy atom.